The number of benzene rings is 1. The number of nitro benzene ring substituents is 1. The van der Waals surface area contributed by atoms with E-state index in [1.807, 2.05) is 0 Å². The number of hydrogen-bond donors (Lipinski definition) is 0. The minimum atomic E-state index is -0.858. The summed E-state index contributed by atoms with van der Waals surface area (Å²) in [6.45, 7) is -1.08. The lowest BCUT2D eigenvalue weighted by molar-refractivity contribution is -0.385. The number of likely N-dealkylation sites (N-methyl/N-ethyl adjacent to an activating group) is 1. The molecule has 1 aromatic carbocycles. The third-order valence-electron chi connectivity index (χ3n) is 4.67. The summed E-state index contributed by atoms with van der Waals surface area (Å²) in [5, 5.41) is 20.4. The standard InChI is InChI=1S/C18H21N3O6/c1-20(18(13-19)9-5-2-6-10-18)16(22)11-27-17(23)12-26-15-8-4-3-7-14(15)21(24)25/h3-4,7-8H,2,5-6,9-12H2,1H3. The van der Waals surface area contributed by atoms with Crippen LogP contribution < -0.4 is 4.74 Å². The van der Waals surface area contributed by atoms with Crippen molar-refractivity contribution in [3.8, 4) is 11.8 Å². The molecule has 1 amide bonds. The van der Waals surface area contributed by atoms with Gasteiger partial charge in [-0.05, 0) is 18.9 Å². The second-order valence-electron chi connectivity index (χ2n) is 6.33. The van der Waals surface area contributed by atoms with Crippen molar-refractivity contribution in [1.82, 2.24) is 4.90 Å². The van der Waals surface area contributed by atoms with Gasteiger partial charge in [0.15, 0.2) is 19.0 Å². The first kappa shape index (κ1) is 20.2. The Kier molecular flexibility index (Phi) is 6.71. The Hall–Kier alpha value is -3.15. The minimum Gasteiger partial charge on any atom is -0.475 e. The number of ether oxygens (including phenoxy) is 2. The monoisotopic (exact) mass is 375 g/mol. The van der Waals surface area contributed by atoms with Crippen LogP contribution in [0.25, 0.3) is 0 Å². The van der Waals surface area contributed by atoms with E-state index in [9.17, 15) is 25.0 Å². The summed E-state index contributed by atoms with van der Waals surface area (Å²) >= 11 is 0. The number of rotatable bonds is 7. The molecule has 1 aliphatic rings. The molecule has 0 heterocycles. The quantitative estimate of drug-likeness (QED) is 0.406. The van der Waals surface area contributed by atoms with Gasteiger partial charge in [0.05, 0.1) is 11.0 Å². The fraction of sp³-hybridized carbons (Fsp3) is 0.500. The first-order valence-electron chi connectivity index (χ1n) is 8.59. The average Bonchev–Trinajstić information content (AvgIpc) is 2.70. The SMILES string of the molecule is CN(C(=O)COC(=O)COc1ccccc1[N+](=O)[O-])C1(C#N)CCCCC1. The molecule has 0 aliphatic heterocycles. The summed E-state index contributed by atoms with van der Waals surface area (Å²) in [6, 6.07) is 7.86. The van der Waals surface area contributed by atoms with Crippen LogP contribution in [-0.2, 0) is 14.3 Å². The summed E-state index contributed by atoms with van der Waals surface area (Å²) in [6.07, 6.45) is 3.97. The predicted octanol–water partition coefficient (Wildman–Crippen LogP) is 2.20. The molecular formula is C18H21N3O6. The summed E-state index contributed by atoms with van der Waals surface area (Å²) < 4.78 is 10.0. The Labute approximate surface area is 156 Å². The van der Waals surface area contributed by atoms with Crippen LogP contribution in [0.1, 0.15) is 32.1 Å². The number of nitriles is 1. The zero-order valence-corrected chi connectivity index (χ0v) is 15.1. The van der Waals surface area contributed by atoms with E-state index in [-0.39, 0.29) is 11.4 Å². The van der Waals surface area contributed by atoms with Gasteiger partial charge in [0, 0.05) is 13.1 Å². The number of nitrogens with zero attached hydrogens (tertiary/aromatic N) is 3. The highest BCUT2D eigenvalue weighted by molar-refractivity contribution is 5.81. The lowest BCUT2D eigenvalue weighted by Crippen LogP contribution is -2.51. The molecule has 0 saturated heterocycles. The largest absolute Gasteiger partial charge is 0.475 e. The van der Waals surface area contributed by atoms with Gasteiger partial charge in [-0.1, -0.05) is 31.4 Å². The molecule has 0 bridgehead atoms. The average molecular weight is 375 g/mol. The van der Waals surface area contributed by atoms with E-state index in [1.165, 1.54) is 36.2 Å². The Morgan fingerprint density at radius 1 is 1.26 bits per heavy atom. The molecule has 9 heteroatoms. The Bertz CT molecular complexity index is 752. The van der Waals surface area contributed by atoms with Crippen LogP contribution >= 0.6 is 0 Å². The summed E-state index contributed by atoms with van der Waals surface area (Å²) in [5.41, 5.74) is -1.13. The van der Waals surface area contributed by atoms with Crippen molar-refractivity contribution >= 4 is 17.6 Å². The molecule has 1 aromatic rings. The van der Waals surface area contributed by atoms with E-state index in [1.54, 1.807) is 0 Å². The lowest BCUT2D eigenvalue weighted by atomic mass is 9.81. The van der Waals surface area contributed by atoms with E-state index in [4.69, 9.17) is 9.47 Å². The van der Waals surface area contributed by atoms with Gasteiger partial charge in [-0.15, -0.1) is 0 Å². The number of esters is 1. The van der Waals surface area contributed by atoms with E-state index >= 15 is 0 Å². The van der Waals surface area contributed by atoms with E-state index < -0.39 is 35.6 Å². The van der Waals surface area contributed by atoms with Gasteiger partial charge >= 0.3 is 11.7 Å². The van der Waals surface area contributed by atoms with Gasteiger partial charge in [0.25, 0.3) is 5.91 Å². The van der Waals surface area contributed by atoms with Crippen LogP contribution in [-0.4, -0.2) is 47.5 Å². The van der Waals surface area contributed by atoms with Crippen molar-refractivity contribution in [2.24, 2.45) is 0 Å². The predicted molar refractivity (Wildman–Crippen MR) is 93.7 cm³/mol. The molecule has 1 fully saturated rings. The molecule has 2 rings (SSSR count). The molecule has 0 atom stereocenters. The minimum absolute atomic E-state index is 0.0615. The summed E-state index contributed by atoms with van der Waals surface area (Å²) in [5.74, 6) is -1.37. The third-order valence-corrected chi connectivity index (χ3v) is 4.67. The van der Waals surface area contributed by atoms with Crippen LogP contribution in [0.3, 0.4) is 0 Å². The smallest absolute Gasteiger partial charge is 0.344 e. The molecule has 27 heavy (non-hydrogen) atoms. The van der Waals surface area contributed by atoms with Gasteiger partial charge < -0.3 is 14.4 Å². The molecule has 1 aliphatic carbocycles. The number of para-hydroxylation sites is 2. The Balaban J connectivity index is 1.86. The first-order valence-corrected chi connectivity index (χ1v) is 8.59. The zero-order chi connectivity index (χ0) is 19.9. The molecule has 9 nitrogen and oxygen atoms in total. The first-order chi connectivity index (χ1) is 12.9. The van der Waals surface area contributed by atoms with Crippen molar-refractivity contribution in [2.75, 3.05) is 20.3 Å². The molecule has 0 unspecified atom stereocenters. The van der Waals surface area contributed by atoms with Crippen LogP contribution in [0.4, 0.5) is 5.69 Å². The third kappa shape index (κ3) is 4.94. The summed E-state index contributed by atoms with van der Waals surface area (Å²) in [4.78, 5) is 35.7. The molecule has 1 saturated carbocycles. The fourth-order valence-electron chi connectivity index (χ4n) is 3.05. The van der Waals surface area contributed by atoms with Gasteiger partial charge in [0.1, 0.15) is 5.54 Å². The molecule has 0 radical (unpaired) electrons. The van der Waals surface area contributed by atoms with Crippen molar-refractivity contribution in [1.29, 1.82) is 5.26 Å². The van der Waals surface area contributed by atoms with Crippen molar-refractivity contribution in [2.45, 2.75) is 37.6 Å². The molecule has 0 spiro atoms. The highest BCUT2D eigenvalue weighted by atomic mass is 16.6. The lowest BCUT2D eigenvalue weighted by Gasteiger charge is -2.38. The Morgan fingerprint density at radius 3 is 2.56 bits per heavy atom. The van der Waals surface area contributed by atoms with Gasteiger partial charge in [0.2, 0.25) is 0 Å². The Morgan fingerprint density at radius 2 is 1.93 bits per heavy atom. The van der Waals surface area contributed by atoms with Crippen LogP contribution in [0.2, 0.25) is 0 Å². The number of nitro groups is 1. The fourth-order valence-corrected chi connectivity index (χ4v) is 3.05. The van der Waals surface area contributed by atoms with Crippen molar-refractivity contribution in [3.63, 3.8) is 0 Å². The van der Waals surface area contributed by atoms with Crippen molar-refractivity contribution in [3.05, 3.63) is 34.4 Å². The number of carbonyl (C=O) groups excluding carboxylic acids is 2. The van der Waals surface area contributed by atoms with Gasteiger partial charge in [-0.25, -0.2) is 4.79 Å². The maximum absolute atomic E-state index is 12.3. The maximum Gasteiger partial charge on any atom is 0.344 e. The number of amides is 1. The molecule has 0 N–H and O–H groups in total. The van der Waals surface area contributed by atoms with Crippen LogP contribution in [0.5, 0.6) is 5.75 Å². The number of hydrogen-bond acceptors (Lipinski definition) is 7. The molecular weight excluding hydrogens is 354 g/mol. The summed E-state index contributed by atoms with van der Waals surface area (Å²) in [7, 11) is 1.54. The van der Waals surface area contributed by atoms with E-state index in [2.05, 4.69) is 6.07 Å². The number of carbonyl (C=O) groups is 2. The van der Waals surface area contributed by atoms with Gasteiger partial charge in [-0.2, -0.15) is 5.26 Å². The van der Waals surface area contributed by atoms with Gasteiger partial charge in [-0.3, -0.25) is 14.9 Å². The van der Waals surface area contributed by atoms with Crippen LogP contribution in [0, 0.1) is 21.4 Å². The van der Waals surface area contributed by atoms with E-state index in [0.717, 1.165) is 19.3 Å². The maximum atomic E-state index is 12.3. The highest BCUT2D eigenvalue weighted by Gasteiger charge is 2.39. The van der Waals surface area contributed by atoms with Crippen molar-refractivity contribution < 1.29 is 24.0 Å². The molecule has 0 aromatic heterocycles. The zero-order valence-electron chi connectivity index (χ0n) is 15.1. The second-order valence-corrected chi connectivity index (χ2v) is 6.33. The topological polar surface area (TPSA) is 123 Å². The highest BCUT2D eigenvalue weighted by Crippen LogP contribution is 2.32. The van der Waals surface area contributed by atoms with Crippen LogP contribution in [0.15, 0.2) is 24.3 Å². The normalized spacial score (nSPS) is 15.3. The molecule has 144 valence electrons. The van der Waals surface area contributed by atoms with E-state index in [0.29, 0.717) is 12.8 Å². The second kappa shape index (κ2) is 8.98.